The quantitative estimate of drug-likeness (QED) is 0.0445. The van der Waals surface area contributed by atoms with Crippen LogP contribution in [0, 0.1) is 5.82 Å². The zero-order valence-corrected chi connectivity index (χ0v) is 62.5. The summed E-state index contributed by atoms with van der Waals surface area (Å²) < 4.78 is 17.9. The first kappa shape index (κ1) is 84.5. The number of rotatable bonds is 16. The highest BCUT2D eigenvalue weighted by atomic mass is 32.2. The van der Waals surface area contributed by atoms with Crippen molar-refractivity contribution in [1.29, 1.82) is 0 Å². The second-order valence-corrected chi connectivity index (χ2v) is 25.4. The number of carbonyl (C=O) groups is 7. The van der Waals surface area contributed by atoms with E-state index in [0.717, 1.165) is 109 Å². The Labute approximate surface area is 623 Å². The molecule has 2 heterocycles. The molecular weight excluding hydrogens is 1350 g/mol. The van der Waals surface area contributed by atoms with Gasteiger partial charge in [-0.3, -0.25) is 0 Å². The number of thioether (sulfide) groups is 1. The molecule has 14 amide bonds. The van der Waals surface area contributed by atoms with E-state index in [1.807, 2.05) is 238 Å². The van der Waals surface area contributed by atoms with Gasteiger partial charge >= 0.3 is 42.2 Å². The fourth-order valence-corrected chi connectivity index (χ4v) is 10.3. The zero-order chi connectivity index (χ0) is 75.8. The summed E-state index contributed by atoms with van der Waals surface area (Å²) in [6, 6.07) is 70.8. The summed E-state index contributed by atoms with van der Waals surface area (Å²) in [6.45, 7) is 20.4. The first-order valence-electron chi connectivity index (χ1n) is 35.5. The third-order valence-electron chi connectivity index (χ3n) is 15.6. The van der Waals surface area contributed by atoms with Gasteiger partial charge in [-0.05, 0) is 148 Å². The van der Waals surface area contributed by atoms with Crippen LogP contribution in [0.15, 0.2) is 231 Å². The van der Waals surface area contributed by atoms with E-state index in [2.05, 4.69) is 61.7 Å². The van der Waals surface area contributed by atoms with Crippen LogP contribution in [0.2, 0.25) is 0 Å². The van der Waals surface area contributed by atoms with Gasteiger partial charge in [-0.15, -0.1) is 0 Å². The van der Waals surface area contributed by atoms with E-state index in [4.69, 9.17) is 4.74 Å². The first-order chi connectivity index (χ1) is 50.9. The molecule has 1 aliphatic carbocycles. The Balaban J connectivity index is 0.000000220. The van der Waals surface area contributed by atoms with Crippen molar-refractivity contribution in [1.82, 2.24) is 40.4 Å². The molecule has 2 aliphatic heterocycles. The third kappa shape index (κ3) is 36.1. The van der Waals surface area contributed by atoms with Crippen LogP contribution in [0.5, 0.6) is 0 Å². The Morgan fingerprint density at radius 3 is 1.21 bits per heavy atom. The number of para-hydroxylation sites is 5. The van der Waals surface area contributed by atoms with E-state index in [1.54, 1.807) is 53.1 Å². The average molecular weight is 1450 g/mol. The molecule has 0 unspecified atom stereocenters. The number of morpholine rings is 1. The lowest BCUT2D eigenvalue weighted by molar-refractivity contribution is 0.0564. The molecule has 11 rings (SSSR count). The van der Waals surface area contributed by atoms with Gasteiger partial charge in [-0.2, -0.15) is 11.8 Å². The van der Waals surface area contributed by atoms with Gasteiger partial charge in [-0.1, -0.05) is 159 Å². The van der Waals surface area contributed by atoms with E-state index < -0.39 is 0 Å². The topological polar surface area (TPSA) is 253 Å². The Morgan fingerprint density at radius 1 is 0.429 bits per heavy atom. The fourth-order valence-electron chi connectivity index (χ4n) is 9.38. The molecule has 3 aliphatic rings. The summed E-state index contributed by atoms with van der Waals surface area (Å²) in [7, 11) is 3.44. The number of nitrogens with one attached hydrogen (secondary N) is 9. The largest absolute Gasteiger partial charge is 0.378 e. The fraction of sp³-hybridized carbons (Fsp3) is 0.321. The molecule has 9 N–H and O–H groups in total. The van der Waals surface area contributed by atoms with Crippen molar-refractivity contribution in [2.45, 2.75) is 79.4 Å². The molecule has 560 valence electrons. The van der Waals surface area contributed by atoms with Crippen LogP contribution >= 0.6 is 11.8 Å². The minimum absolute atomic E-state index is 0.00357. The number of hydrogen-bond donors (Lipinski definition) is 9. The predicted octanol–water partition coefficient (Wildman–Crippen LogP) is 16.6. The van der Waals surface area contributed by atoms with Gasteiger partial charge < -0.3 is 77.1 Å². The summed E-state index contributed by atoms with van der Waals surface area (Å²) in [5, 5.41) is 25.3. The van der Waals surface area contributed by atoms with Crippen LogP contribution in [0.3, 0.4) is 0 Å². The molecule has 8 aromatic carbocycles. The van der Waals surface area contributed by atoms with Crippen molar-refractivity contribution in [2.24, 2.45) is 0 Å². The molecule has 8 aromatic rings. The Bertz CT molecular complexity index is 3660. The highest BCUT2D eigenvalue weighted by molar-refractivity contribution is 7.99. The van der Waals surface area contributed by atoms with E-state index in [-0.39, 0.29) is 48.0 Å². The molecule has 24 heteroatoms. The van der Waals surface area contributed by atoms with Gasteiger partial charge in [0, 0.05) is 131 Å². The predicted molar refractivity (Wildman–Crippen MR) is 426 cm³/mol. The van der Waals surface area contributed by atoms with E-state index in [1.165, 1.54) is 22.6 Å². The average Bonchev–Trinajstić information content (AvgIpc) is 1.76. The number of nitrogens with zero attached hydrogens (tertiary/aromatic N) is 5. The maximum absolute atomic E-state index is 12.7. The Kier molecular flexibility index (Phi) is 39.8. The SMILES string of the molecule is CC(C)c1ccc(NC(=O)N(C)C)cc1.CCN(CC)C(=O)NCc1ccccc1.CCN(CC)C(=O)Nc1ccccc1.O=C(NCc1ccc(F)cc1)Nc1ccccc1.O=C(Nc1ccccc1)N1CCOCC1.O=C(Nc1ccccc1)N1CCSCC1.O=C(Nc1ccccc1)NC1CC1. The second-order valence-electron chi connectivity index (χ2n) is 24.2. The van der Waals surface area contributed by atoms with Crippen molar-refractivity contribution in [3.63, 3.8) is 0 Å². The minimum Gasteiger partial charge on any atom is -0.378 e. The van der Waals surface area contributed by atoms with Crippen molar-refractivity contribution >= 4 is 88.1 Å². The number of urea groups is 7. The van der Waals surface area contributed by atoms with Gasteiger partial charge in [0.15, 0.2) is 0 Å². The number of amides is 14. The maximum atomic E-state index is 12.7. The lowest BCUT2D eigenvalue weighted by Gasteiger charge is -2.26. The lowest BCUT2D eigenvalue weighted by atomic mass is 10.0. The Hall–Kier alpha value is -11.1. The maximum Gasteiger partial charge on any atom is 0.321 e. The van der Waals surface area contributed by atoms with Crippen molar-refractivity contribution < 1.29 is 42.7 Å². The highest BCUT2D eigenvalue weighted by Crippen LogP contribution is 2.20. The molecule has 0 atom stereocenters. The van der Waals surface area contributed by atoms with Crippen LogP contribution in [-0.2, 0) is 17.8 Å². The molecule has 105 heavy (non-hydrogen) atoms. The van der Waals surface area contributed by atoms with Gasteiger partial charge in [0.2, 0.25) is 0 Å². The summed E-state index contributed by atoms with van der Waals surface area (Å²) >= 11 is 1.90. The molecule has 0 spiro atoms. The lowest BCUT2D eigenvalue weighted by Crippen LogP contribution is -2.43. The summed E-state index contributed by atoms with van der Waals surface area (Å²) in [4.78, 5) is 89.5. The molecule has 0 bridgehead atoms. The normalized spacial score (nSPS) is 12.3. The van der Waals surface area contributed by atoms with Crippen molar-refractivity contribution in [3.05, 3.63) is 253 Å². The number of halogens is 1. The summed E-state index contributed by atoms with van der Waals surface area (Å²) in [6.07, 6.45) is 2.23. The number of hydrogen-bond acceptors (Lipinski definition) is 9. The highest BCUT2D eigenvalue weighted by Gasteiger charge is 2.23. The van der Waals surface area contributed by atoms with Gasteiger partial charge in [0.05, 0.1) is 13.2 Å². The zero-order valence-electron chi connectivity index (χ0n) is 61.7. The van der Waals surface area contributed by atoms with Gasteiger partial charge in [0.25, 0.3) is 0 Å². The van der Waals surface area contributed by atoms with Crippen LogP contribution in [-0.4, -0.2) is 164 Å². The molecule has 3 fully saturated rings. The van der Waals surface area contributed by atoms with E-state index >= 15 is 0 Å². The number of carbonyl (C=O) groups excluding carboxylic acids is 7. The Morgan fingerprint density at radius 2 is 0.790 bits per heavy atom. The molecule has 1 saturated carbocycles. The smallest absolute Gasteiger partial charge is 0.321 e. The van der Waals surface area contributed by atoms with Gasteiger partial charge in [0.1, 0.15) is 5.82 Å². The first-order valence-corrected chi connectivity index (χ1v) is 36.6. The molecule has 0 aromatic heterocycles. The number of anilines is 6. The number of benzene rings is 8. The molecular formula is C81H105FN14O8S. The van der Waals surface area contributed by atoms with Crippen molar-refractivity contribution in [3.8, 4) is 0 Å². The third-order valence-corrected chi connectivity index (χ3v) is 16.6. The standard InChI is InChI=1S/C14H13FN2O.2C12H18N2O.C11H14N2O2.C11H14N2OS.C11H16N2O.C10H12N2O/c15-12-8-6-11(7-9-12)10-16-14(18)17-13-4-2-1-3-5-13;1-9(2)10-5-7-11(8-6-10)13-12(15)14(3)4;1-3-14(4-2)12(15)13-10-11-8-6-5-7-9-11;2*14-11(13-6-8-15-9-7-13)12-10-4-2-1-3-5-10;1-3-13(4-2)11(14)12-10-8-6-5-7-9-10;13-10(12-9-6-7-9)11-8-4-2-1-3-5-8/h1-9H,10H2,(H2,16,17,18);5-9H,1-4H3,(H,13,15);5-9H,3-4,10H2,1-2H3,(H,13,15);2*1-5H,6-9H2,(H,12,14);5-9H,3-4H2,1-2H3,(H,12,14);1-5,9H,6-7H2,(H2,11,12,13). The van der Waals surface area contributed by atoms with Crippen LogP contribution in [0.4, 0.5) is 72.1 Å². The molecule has 0 radical (unpaired) electrons. The van der Waals surface area contributed by atoms with E-state index in [0.29, 0.717) is 51.4 Å². The van der Waals surface area contributed by atoms with E-state index in [9.17, 15) is 38.0 Å². The molecule has 2 saturated heterocycles. The summed E-state index contributed by atoms with van der Waals surface area (Å²) in [5.74, 6) is 2.32. The van der Waals surface area contributed by atoms with Crippen molar-refractivity contribution in [2.75, 3.05) is 123 Å². The molecule has 22 nitrogen and oxygen atoms in total. The minimum atomic E-state index is -0.287. The number of ether oxygens (including phenoxy) is 1. The summed E-state index contributed by atoms with van der Waals surface area (Å²) in [5.41, 5.74) is 8.17. The van der Waals surface area contributed by atoms with Gasteiger partial charge in [-0.25, -0.2) is 38.0 Å². The van der Waals surface area contributed by atoms with Crippen LogP contribution in [0.1, 0.15) is 77.0 Å². The van der Waals surface area contributed by atoms with Crippen LogP contribution < -0.4 is 47.9 Å². The second kappa shape index (κ2) is 49.5. The monoisotopic (exact) mass is 1450 g/mol. The van der Waals surface area contributed by atoms with Crippen LogP contribution in [0.25, 0.3) is 0 Å².